The van der Waals surface area contributed by atoms with Gasteiger partial charge < -0.3 is 4.74 Å². The zero-order valence-electron chi connectivity index (χ0n) is 12.7. The summed E-state index contributed by atoms with van der Waals surface area (Å²) in [5.41, 5.74) is -0.334. The van der Waals surface area contributed by atoms with Crippen molar-refractivity contribution in [1.29, 1.82) is 0 Å². The van der Waals surface area contributed by atoms with Gasteiger partial charge in [-0.3, -0.25) is 24.6 Å². The molecule has 2 heterocycles. The van der Waals surface area contributed by atoms with Crippen LogP contribution in [0.4, 0.5) is 0 Å². The van der Waals surface area contributed by atoms with Crippen LogP contribution >= 0.6 is 0 Å². The summed E-state index contributed by atoms with van der Waals surface area (Å²) in [5.74, 6) is -2.47. The molecule has 2 saturated heterocycles. The Labute approximate surface area is 128 Å². The van der Waals surface area contributed by atoms with Crippen molar-refractivity contribution >= 4 is 17.8 Å². The molecule has 1 aromatic rings. The van der Waals surface area contributed by atoms with Crippen molar-refractivity contribution in [3.05, 3.63) is 35.9 Å². The van der Waals surface area contributed by atoms with Crippen LogP contribution in [0.3, 0.4) is 0 Å². The van der Waals surface area contributed by atoms with Gasteiger partial charge in [-0.05, 0) is 12.5 Å². The molecular formula is C16H18N2O4. The summed E-state index contributed by atoms with van der Waals surface area (Å²) in [6.07, 6.45) is 0. The molecule has 1 N–H and O–H groups in total. The summed E-state index contributed by atoms with van der Waals surface area (Å²) in [4.78, 5) is 38.3. The van der Waals surface area contributed by atoms with Crippen LogP contribution in [-0.4, -0.2) is 42.4 Å². The fourth-order valence-electron chi connectivity index (χ4n) is 3.63. The largest absolute Gasteiger partial charge is 0.468 e. The van der Waals surface area contributed by atoms with Crippen molar-refractivity contribution in [3.63, 3.8) is 0 Å². The third-order valence-corrected chi connectivity index (χ3v) is 4.78. The molecule has 0 unspecified atom stereocenters. The molecule has 6 nitrogen and oxygen atoms in total. The predicted octanol–water partition coefficient (Wildman–Crippen LogP) is 0.494. The van der Waals surface area contributed by atoms with Crippen molar-refractivity contribution in [1.82, 2.24) is 10.2 Å². The van der Waals surface area contributed by atoms with E-state index in [2.05, 4.69) is 5.32 Å². The van der Waals surface area contributed by atoms with Crippen molar-refractivity contribution < 1.29 is 19.1 Å². The molecule has 4 atom stereocenters. The second-order valence-electron chi connectivity index (χ2n) is 5.97. The van der Waals surface area contributed by atoms with Crippen LogP contribution < -0.4 is 5.32 Å². The molecule has 0 aliphatic carbocycles. The predicted molar refractivity (Wildman–Crippen MR) is 77.5 cm³/mol. The topological polar surface area (TPSA) is 75.7 Å². The molecule has 0 saturated carbocycles. The SMILES string of the molecule is COC(=O)[C@@]1(C)N[C@@H](c2ccccc2)[C@H]2C(=O)N(C)C(=O)[C@H]21. The normalized spacial score (nSPS) is 34.0. The Morgan fingerprint density at radius 2 is 1.86 bits per heavy atom. The Morgan fingerprint density at radius 3 is 2.45 bits per heavy atom. The monoisotopic (exact) mass is 302 g/mol. The highest BCUT2D eigenvalue weighted by molar-refractivity contribution is 6.09. The molecule has 0 aromatic heterocycles. The number of ether oxygens (including phenoxy) is 1. The highest BCUT2D eigenvalue weighted by Gasteiger charge is 2.66. The Bertz CT molecular complexity index is 645. The van der Waals surface area contributed by atoms with Gasteiger partial charge in [0.15, 0.2) is 0 Å². The maximum atomic E-state index is 12.5. The number of esters is 1. The number of hydrogen-bond donors (Lipinski definition) is 1. The molecule has 2 aliphatic heterocycles. The van der Waals surface area contributed by atoms with E-state index in [1.807, 2.05) is 30.3 Å². The third kappa shape index (κ3) is 1.80. The molecule has 0 spiro atoms. The van der Waals surface area contributed by atoms with E-state index in [0.717, 1.165) is 10.5 Å². The molecule has 22 heavy (non-hydrogen) atoms. The minimum Gasteiger partial charge on any atom is -0.468 e. The standard InChI is InChI=1S/C16H18N2O4/c1-16(15(21)22-3)11-10(13(19)18(2)14(11)20)12(17-16)9-7-5-4-6-8-9/h4-8,10-12,17H,1-3H3/t10-,11-,12-,16-/m0/s1. The number of benzene rings is 1. The first kappa shape index (κ1) is 14.7. The Kier molecular flexibility index (Phi) is 3.29. The molecular weight excluding hydrogens is 284 g/mol. The average molecular weight is 302 g/mol. The fourth-order valence-corrected chi connectivity index (χ4v) is 3.63. The first-order valence-corrected chi connectivity index (χ1v) is 7.14. The summed E-state index contributed by atoms with van der Waals surface area (Å²) in [6, 6.07) is 8.98. The molecule has 1 aromatic carbocycles. The van der Waals surface area contributed by atoms with Crippen LogP contribution in [0.2, 0.25) is 0 Å². The molecule has 6 heteroatoms. The van der Waals surface area contributed by atoms with Crippen molar-refractivity contribution in [2.24, 2.45) is 11.8 Å². The Hall–Kier alpha value is -2.21. The van der Waals surface area contributed by atoms with Crippen molar-refractivity contribution in [2.45, 2.75) is 18.5 Å². The maximum Gasteiger partial charge on any atom is 0.326 e. The summed E-state index contributed by atoms with van der Waals surface area (Å²) < 4.78 is 4.86. The number of carbonyl (C=O) groups is 3. The summed E-state index contributed by atoms with van der Waals surface area (Å²) >= 11 is 0. The van der Waals surface area contributed by atoms with E-state index < -0.39 is 29.4 Å². The summed E-state index contributed by atoms with van der Waals surface area (Å²) in [6.45, 7) is 1.63. The molecule has 3 rings (SSSR count). The van der Waals surface area contributed by atoms with Gasteiger partial charge in [-0.1, -0.05) is 30.3 Å². The van der Waals surface area contributed by atoms with Crippen LogP contribution in [0, 0.1) is 11.8 Å². The zero-order chi connectivity index (χ0) is 16.1. The van der Waals surface area contributed by atoms with Crippen molar-refractivity contribution in [3.8, 4) is 0 Å². The molecule has 0 bridgehead atoms. The van der Waals surface area contributed by atoms with E-state index in [0.29, 0.717) is 0 Å². The molecule has 0 radical (unpaired) electrons. The van der Waals surface area contributed by atoms with Crippen LogP contribution in [0.1, 0.15) is 18.5 Å². The maximum absolute atomic E-state index is 12.5. The van der Waals surface area contributed by atoms with Gasteiger partial charge in [-0.15, -0.1) is 0 Å². The molecule has 2 fully saturated rings. The quantitative estimate of drug-likeness (QED) is 0.636. The Balaban J connectivity index is 2.10. The van der Waals surface area contributed by atoms with Gasteiger partial charge in [0, 0.05) is 13.1 Å². The average Bonchev–Trinajstić information content (AvgIpc) is 2.98. The van der Waals surface area contributed by atoms with Gasteiger partial charge in [0.1, 0.15) is 5.54 Å². The van der Waals surface area contributed by atoms with Gasteiger partial charge in [0.2, 0.25) is 11.8 Å². The lowest BCUT2D eigenvalue weighted by Crippen LogP contribution is -2.53. The van der Waals surface area contributed by atoms with E-state index in [1.165, 1.54) is 14.2 Å². The minimum atomic E-state index is -1.21. The highest BCUT2D eigenvalue weighted by atomic mass is 16.5. The number of likely N-dealkylation sites (tertiary alicyclic amines) is 1. The number of amides is 2. The van der Waals surface area contributed by atoms with E-state index in [-0.39, 0.29) is 11.8 Å². The lowest BCUT2D eigenvalue weighted by atomic mass is 9.80. The van der Waals surface area contributed by atoms with Gasteiger partial charge in [0.05, 0.1) is 18.9 Å². The molecule has 2 amide bonds. The molecule has 116 valence electrons. The molecule has 2 aliphatic rings. The number of nitrogens with zero attached hydrogens (tertiary/aromatic N) is 1. The Morgan fingerprint density at radius 1 is 1.23 bits per heavy atom. The summed E-state index contributed by atoms with van der Waals surface area (Å²) in [5, 5.41) is 3.17. The lowest BCUT2D eigenvalue weighted by Gasteiger charge is -2.27. The smallest absolute Gasteiger partial charge is 0.326 e. The van der Waals surface area contributed by atoms with Crippen LogP contribution in [0.15, 0.2) is 30.3 Å². The van der Waals surface area contributed by atoms with Gasteiger partial charge in [-0.25, -0.2) is 0 Å². The van der Waals surface area contributed by atoms with Crippen LogP contribution in [0.25, 0.3) is 0 Å². The summed E-state index contributed by atoms with van der Waals surface area (Å²) in [7, 11) is 2.74. The van der Waals surface area contributed by atoms with Crippen LogP contribution in [-0.2, 0) is 19.1 Å². The number of imide groups is 1. The van der Waals surface area contributed by atoms with E-state index in [1.54, 1.807) is 6.92 Å². The number of rotatable bonds is 2. The minimum absolute atomic E-state index is 0.260. The van der Waals surface area contributed by atoms with E-state index >= 15 is 0 Å². The second-order valence-corrected chi connectivity index (χ2v) is 5.97. The third-order valence-electron chi connectivity index (χ3n) is 4.78. The van der Waals surface area contributed by atoms with Gasteiger partial charge in [-0.2, -0.15) is 0 Å². The van der Waals surface area contributed by atoms with Gasteiger partial charge >= 0.3 is 5.97 Å². The number of nitrogens with one attached hydrogen (secondary N) is 1. The lowest BCUT2D eigenvalue weighted by molar-refractivity contribution is -0.152. The van der Waals surface area contributed by atoms with Crippen molar-refractivity contribution in [2.75, 3.05) is 14.2 Å². The highest BCUT2D eigenvalue weighted by Crippen LogP contribution is 2.48. The number of carbonyl (C=O) groups excluding carboxylic acids is 3. The first-order valence-electron chi connectivity index (χ1n) is 7.14. The number of hydrogen-bond acceptors (Lipinski definition) is 5. The first-order chi connectivity index (χ1) is 10.4. The second kappa shape index (κ2) is 4.91. The number of fused-ring (bicyclic) bond motifs is 1. The zero-order valence-corrected chi connectivity index (χ0v) is 12.7. The van der Waals surface area contributed by atoms with E-state index in [4.69, 9.17) is 4.74 Å². The fraction of sp³-hybridized carbons (Fsp3) is 0.438. The van der Waals surface area contributed by atoms with Gasteiger partial charge in [0.25, 0.3) is 0 Å². The van der Waals surface area contributed by atoms with E-state index in [9.17, 15) is 14.4 Å². The van der Waals surface area contributed by atoms with Crippen LogP contribution in [0.5, 0.6) is 0 Å². The number of methoxy groups -OCH3 is 1.